The Balaban J connectivity index is 1.94. The lowest BCUT2D eigenvalue weighted by Gasteiger charge is -2.25. The fourth-order valence-corrected chi connectivity index (χ4v) is 4.25. The molecule has 0 spiro atoms. The summed E-state index contributed by atoms with van der Waals surface area (Å²) in [5.74, 6) is -1.60. The van der Waals surface area contributed by atoms with Gasteiger partial charge in [-0.2, -0.15) is 0 Å². The number of thiophene rings is 1. The second-order valence-corrected chi connectivity index (χ2v) is 7.14. The van der Waals surface area contributed by atoms with E-state index in [1.807, 2.05) is 0 Å². The largest absolute Gasteiger partial charge is 0.462 e. The average molecular weight is 406 g/mol. The maximum Gasteiger partial charge on any atom is 0.409 e. The molecule has 1 aromatic carbocycles. The zero-order valence-corrected chi connectivity index (χ0v) is 16.2. The van der Waals surface area contributed by atoms with E-state index in [0.717, 1.165) is 16.5 Å². The lowest BCUT2D eigenvalue weighted by molar-refractivity contribution is 0.0526. The topological polar surface area (TPSA) is 84.9 Å². The van der Waals surface area contributed by atoms with Gasteiger partial charge in [0.25, 0.3) is 5.91 Å². The van der Waals surface area contributed by atoms with Crippen molar-refractivity contribution in [1.29, 1.82) is 0 Å². The van der Waals surface area contributed by atoms with Crippen molar-refractivity contribution in [3.8, 4) is 0 Å². The molecule has 0 saturated heterocycles. The Kier molecular flexibility index (Phi) is 5.93. The highest BCUT2D eigenvalue weighted by Crippen LogP contribution is 2.38. The van der Waals surface area contributed by atoms with Crippen LogP contribution < -0.4 is 5.32 Å². The van der Waals surface area contributed by atoms with Gasteiger partial charge in [0.05, 0.1) is 25.8 Å². The number of ether oxygens (including phenoxy) is 2. The lowest BCUT2D eigenvalue weighted by Crippen LogP contribution is -2.35. The third-order valence-electron chi connectivity index (χ3n) is 4.28. The molecule has 1 aliphatic heterocycles. The Morgan fingerprint density at radius 3 is 2.79 bits per heavy atom. The van der Waals surface area contributed by atoms with E-state index >= 15 is 0 Å². The van der Waals surface area contributed by atoms with Gasteiger partial charge in [-0.15, -0.1) is 11.3 Å². The van der Waals surface area contributed by atoms with Crippen LogP contribution in [-0.4, -0.2) is 43.1 Å². The minimum atomic E-state index is -0.541. The van der Waals surface area contributed by atoms with Gasteiger partial charge in [0.2, 0.25) is 0 Å². The molecule has 148 valence electrons. The van der Waals surface area contributed by atoms with Crippen molar-refractivity contribution in [3.05, 3.63) is 51.7 Å². The normalized spacial score (nSPS) is 12.9. The molecule has 28 heavy (non-hydrogen) atoms. The van der Waals surface area contributed by atoms with Crippen LogP contribution in [0.15, 0.2) is 24.3 Å². The van der Waals surface area contributed by atoms with E-state index in [1.165, 1.54) is 41.5 Å². The van der Waals surface area contributed by atoms with Crippen molar-refractivity contribution < 1.29 is 28.2 Å². The third-order valence-corrected chi connectivity index (χ3v) is 5.42. The summed E-state index contributed by atoms with van der Waals surface area (Å²) in [4.78, 5) is 39.1. The first kappa shape index (κ1) is 19.8. The van der Waals surface area contributed by atoms with Crippen LogP contribution in [0.4, 0.5) is 14.2 Å². The van der Waals surface area contributed by atoms with Crippen LogP contribution in [0.25, 0.3) is 0 Å². The number of anilines is 1. The molecule has 1 aliphatic rings. The van der Waals surface area contributed by atoms with Crippen LogP contribution in [0.2, 0.25) is 0 Å². The number of methoxy groups -OCH3 is 1. The van der Waals surface area contributed by atoms with Crippen LogP contribution in [0.5, 0.6) is 0 Å². The van der Waals surface area contributed by atoms with Gasteiger partial charge < -0.3 is 19.7 Å². The molecule has 2 heterocycles. The number of nitrogens with one attached hydrogen (secondary N) is 1. The van der Waals surface area contributed by atoms with Crippen molar-refractivity contribution in [1.82, 2.24) is 4.90 Å². The number of benzene rings is 1. The first-order valence-corrected chi connectivity index (χ1v) is 9.47. The van der Waals surface area contributed by atoms with Gasteiger partial charge in [-0.1, -0.05) is 6.07 Å². The summed E-state index contributed by atoms with van der Waals surface area (Å²) >= 11 is 1.20. The van der Waals surface area contributed by atoms with Gasteiger partial charge in [-0.25, -0.2) is 14.0 Å². The maximum absolute atomic E-state index is 13.4. The van der Waals surface area contributed by atoms with Crippen LogP contribution in [0.1, 0.15) is 38.1 Å². The molecule has 2 aromatic rings. The fourth-order valence-electron chi connectivity index (χ4n) is 3.00. The predicted molar refractivity (Wildman–Crippen MR) is 101 cm³/mol. The number of hydrogen-bond donors (Lipinski definition) is 1. The molecule has 0 fully saturated rings. The first-order valence-electron chi connectivity index (χ1n) is 8.66. The molecule has 0 bridgehead atoms. The number of hydrogen-bond acceptors (Lipinski definition) is 6. The van der Waals surface area contributed by atoms with E-state index in [9.17, 15) is 18.8 Å². The molecular weight excluding hydrogens is 387 g/mol. The smallest absolute Gasteiger partial charge is 0.409 e. The number of fused-ring (bicyclic) bond motifs is 1. The maximum atomic E-state index is 13.4. The highest BCUT2D eigenvalue weighted by Gasteiger charge is 2.31. The third kappa shape index (κ3) is 3.99. The van der Waals surface area contributed by atoms with Gasteiger partial charge in [-0.05, 0) is 37.1 Å². The molecule has 0 saturated carbocycles. The van der Waals surface area contributed by atoms with Crippen LogP contribution in [-0.2, 0) is 22.4 Å². The van der Waals surface area contributed by atoms with Gasteiger partial charge >= 0.3 is 12.1 Å². The van der Waals surface area contributed by atoms with E-state index < -0.39 is 23.8 Å². The second-order valence-electron chi connectivity index (χ2n) is 6.03. The molecule has 0 atom stereocenters. The van der Waals surface area contributed by atoms with Crippen molar-refractivity contribution in [3.63, 3.8) is 0 Å². The zero-order valence-electron chi connectivity index (χ0n) is 15.4. The van der Waals surface area contributed by atoms with E-state index in [0.29, 0.717) is 18.0 Å². The van der Waals surface area contributed by atoms with Gasteiger partial charge in [-0.3, -0.25) is 4.79 Å². The summed E-state index contributed by atoms with van der Waals surface area (Å²) in [5.41, 5.74) is 1.17. The SMILES string of the molecule is CCOC(=O)c1c(NC(=O)c2cccc(F)c2)sc2c1CCN(C(=O)OC)C2. The van der Waals surface area contributed by atoms with Crippen molar-refractivity contribution >= 4 is 34.3 Å². The number of carbonyl (C=O) groups is 3. The number of amides is 2. The monoisotopic (exact) mass is 406 g/mol. The Labute approximate surface area is 165 Å². The van der Waals surface area contributed by atoms with Gasteiger partial charge in [0, 0.05) is 17.0 Å². The predicted octanol–water partition coefficient (Wildman–Crippen LogP) is 3.44. The van der Waals surface area contributed by atoms with Crippen molar-refractivity contribution in [2.45, 2.75) is 19.9 Å². The van der Waals surface area contributed by atoms with Gasteiger partial charge in [0.1, 0.15) is 10.8 Å². The molecular formula is C19H19FN2O5S. The van der Waals surface area contributed by atoms with Crippen LogP contribution in [0.3, 0.4) is 0 Å². The molecule has 0 unspecified atom stereocenters. The highest BCUT2D eigenvalue weighted by atomic mass is 32.1. The van der Waals surface area contributed by atoms with E-state index in [1.54, 1.807) is 6.92 Å². The summed E-state index contributed by atoms with van der Waals surface area (Å²) in [6.45, 7) is 2.55. The molecule has 0 aliphatic carbocycles. The molecule has 9 heteroatoms. The fraction of sp³-hybridized carbons (Fsp3) is 0.316. The first-order chi connectivity index (χ1) is 13.4. The highest BCUT2D eigenvalue weighted by molar-refractivity contribution is 7.17. The summed E-state index contributed by atoms with van der Waals surface area (Å²) in [6.07, 6.45) is -0.0210. The van der Waals surface area contributed by atoms with Gasteiger partial charge in [0.15, 0.2) is 0 Å². The summed E-state index contributed by atoms with van der Waals surface area (Å²) in [5, 5.41) is 3.01. The number of halogens is 1. The van der Waals surface area contributed by atoms with Crippen molar-refractivity contribution in [2.24, 2.45) is 0 Å². The number of nitrogens with zero attached hydrogens (tertiary/aromatic N) is 1. The number of carbonyl (C=O) groups excluding carboxylic acids is 3. The molecule has 0 radical (unpaired) electrons. The van der Waals surface area contributed by atoms with E-state index in [-0.39, 0.29) is 24.3 Å². The average Bonchev–Trinajstić information content (AvgIpc) is 3.04. The second kappa shape index (κ2) is 8.39. The number of esters is 1. The number of rotatable bonds is 4. The molecule has 2 amide bonds. The molecule has 7 nitrogen and oxygen atoms in total. The van der Waals surface area contributed by atoms with E-state index in [2.05, 4.69) is 5.32 Å². The summed E-state index contributed by atoms with van der Waals surface area (Å²) in [7, 11) is 1.31. The Hall–Kier alpha value is -2.94. The minimum Gasteiger partial charge on any atom is -0.462 e. The molecule has 1 aromatic heterocycles. The minimum absolute atomic E-state index is 0.136. The Bertz CT molecular complexity index is 927. The Morgan fingerprint density at radius 1 is 1.32 bits per heavy atom. The summed E-state index contributed by atoms with van der Waals surface area (Å²) in [6, 6.07) is 5.27. The zero-order chi connectivity index (χ0) is 20.3. The lowest BCUT2D eigenvalue weighted by atomic mass is 10.0. The molecule has 1 N–H and O–H groups in total. The van der Waals surface area contributed by atoms with E-state index in [4.69, 9.17) is 9.47 Å². The molecule has 3 rings (SSSR count). The van der Waals surface area contributed by atoms with Crippen molar-refractivity contribution in [2.75, 3.05) is 25.6 Å². The van der Waals surface area contributed by atoms with Crippen LogP contribution in [0, 0.1) is 5.82 Å². The Morgan fingerprint density at radius 2 is 2.11 bits per heavy atom. The summed E-state index contributed by atoms with van der Waals surface area (Å²) < 4.78 is 23.3. The standard InChI is InChI=1S/C19H19FN2O5S/c1-3-27-18(24)15-13-7-8-22(19(25)26-2)10-14(13)28-17(15)21-16(23)11-5-4-6-12(20)9-11/h4-6,9H,3,7-8,10H2,1-2H3,(H,21,23). The quantitative estimate of drug-likeness (QED) is 0.787. The van der Waals surface area contributed by atoms with Crippen LogP contribution >= 0.6 is 11.3 Å².